The van der Waals surface area contributed by atoms with Gasteiger partial charge in [-0.05, 0) is 44.0 Å². The fraction of sp³-hybridized carbons (Fsp3) is 0.480. The maximum absolute atomic E-state index is 11.9. The number of likely N-dealkylation sites (tertiary alicyclic amines) is 1. The molecule has 2 saturated heterocycles. The highest BCUT2D eigenvalue weighted by atomic mass is 16.5. The minimum atomic E-state index is -0.531. The fourth-order valence-corrected chi connectivity index (χ4v) is 4.85. The van der Waals surface area contributed by atoms with Crippen LogP contribution < -0.4 is 10.2 Å². The maximum Gasteiger partial charge on any atom is 0.411 e. The number of rotatable bonds is 4. The van der Waals surface area contributed by atoms with Gasteiger partial charge >= 0.3 is 12.2 Å². The molecule has 12 nitrogen and oxygen atoms in total. The van der Waals surface area contributed by atoms with Crippen LogP contribution in [0.2, 0.25) is 0 Å². The number of anilines is 2. The van der Waals surface area contributed by atoms with Crippen molar-refractivity contribution in [2.24, 2.45) is 0 Å². The SMILES string of the molecule is COC(=O)Nc1ccc(-c2nc(N3CCOC(C)C3)c3cnn(C4CCN(C(=O)OC)CC4)c3n2)cc1. The van der Waals surface area contributed by atoms with Crippen molar-refractivity contribution in [1.29, 1.82) is 0 Å². The third-order valence-corrected chi connectivity index (χ3v) is 6.79. The van der Waals surface area contributed by atoms with Gasteiger partial charge < -0.3 is 24.0 Å². The molecule has 0 radical (unpaired) electrons. The second kappa shape index (κ2) is 10.6. The highest BCUT2D eigenvalue weighted by molar-refractivity contribution is 5.89. The van der Waals surface area contributed by atoms with E-state index >= 15 is 0 Å². The average molecular weight is 510 g/mol. The summed E-state index contributed by atoms with van der Waals surface area (Å²) in [5.41, 5.74) is 2.18. The first-order valence-corrected chi connectivity index (χ1v) is 12.4. The molecule has 3 aromatic rings. The number of hydrogen-bond acceptors (Lipinski definition) is 9. The lowest BCUT2D eigenvalue weighted by molar-refractivity contribution is 0.0530. The molecule has 0 spiro atoms. The number of carbonyl (C=O) groups excluding carboxylic acids is 2. The van der Waals surface area contributed by atoms with Gasteiger partial charge in [-0.3, -0.25) is 5.32 Å². The molecule has 196 valence electrons. The van der Waals surface area contributed by atoms with Gasteiger partial charge in [0.05, 0.1) is 44.6 Å². The van der Waals surface area contributed by atoms with E-state index in [1.165, 1.54) is 14.2 Å². The molecule has 2 fully saturated rings. The van der Waals surface area contributed by atoms with Crippen LogP contribution in [-0.4, -0.2) is 89.9 Å². The molecule has 0 aliphatic carbocycles. The molecule has 5 rings (SSSR count). The summed E-state index contributed by atoms with van der Waals surface area (Å²) in [7, 11) is 2.73. The summed E-state index contributed by atoms with van der Waals surface area (Å²) in [6.07, 6.45) is 2.60. The van der Waals surface area contributed by atoms with Crippen LogP contribution in [0.5, 0.6) is 0 Å². The van der Waals surface area contributed by atoms with Gasteiger partial charge in [0.1, 0.15) is 5.82 Å². The molecule has 1 unspecified atom stereocenters. The molecule has 1 aromatic carbocycles. The summed E-state index contributed by atoms with van der Waals surface area (Å²) in [5.74, 6) is 1.39. The van der Waals surface area contributed by atoms with Crippen molar-refractivity contribution in [1.82, 2.24) is 24.6 Å². The zero-order chi connectivity index (χ0) is 25.9. The van der Waals surface area contributed by atoms with Gasteiger partial charge in [0.15, 0.2) is 11.5 Å². The summed E-state index contributed by atoms with van der Waals surface area (Å²) in [4.78, 5) is 37.3. The molecular weight excluding hydrogens is 478 g/mol. The highest BCUT2D eigenvalue weighted by Crippen LogP contribution is 2.32. The van der Waals surface area contributed by atoms with Crippen LogP contribution in [0.1, 0.15) is 25.8 Å². The molecule has 2 aliphatic rings. The Hall–Kier alpha value is -3.93. The Labute approximate surface area is 214 Å². The summed E-state index contributed by atoms with van der Waals surface area (Å²) in [6.45, 7) is 5.31. The first kappa shape index (κ1) is 24.8. The Morgan fingerprint density at radius 2 is 1.81 bits per heavy atom. The summed E-state index contributed by atoms with van der Waals surface area (Å²) in [5, 5.41) is 8.28. The maximum atomic E-state index is 11.9. The van der Waals surface area contributed by atoms with Crippen molar-refractivity contribution < 1.29 is 23.8 Å². The number of nitrogens with one attached hydrogen (secondary N) is 1. The van der Waals surface area contributed by atoms with Crippen LogP contribution >= 0.6 is 0 Å². The van der Waals surface area contributed by atoms with Crippen LogP contribution in [0.4, 0.5) is 21.1 Å². The summed E-state index contributed by atoms with van der Waals surface area (Å²) < 4.78 is 17.3. The molecule has 12 heteroatoms. The van der Waals surface area contributed by atoms with Gasteiger partial charge in [-0.1, -0.05) is 0 Å². The Kier molecular flexibility index (Phi) is 7.08. The van der Waals surface area contributed by atoms with Crippen LogP contribution in [0.25, 0.3) is 22.4 Å². The predicted octanol–water partition coefficient (Wildman–Crippen LogP) is 3.30. The number of hydrogen-bond donors (Lipinski definition) is 1. The first-order chi connectivity index (χ1) is 18.0. The van der Waals surface area contributed by atoms with E-state index in [2.05, 4.69) is 21.9 Å². The molecular formula is C25H31N7O5. The van der Waals surface area contributed by atoms with Crippen LogP contribution in [0.15, 0.2) is 30.5 Å². The van der Waals surface area contributed by atoms with Crippen molar-refractivity contribution in [3.8, 4) is 11.4 Å². The molecule has 2 aromatic heterocycles. The number of methoxy groups -OCH3 is 2. The van der Waals surface area contributed by atoms with Crippen LogP contribution in [0, 0.1) is 0 Å². The fourth-order valence-electron chi connectivity index (χ4n) is 4.85. The number of benzene rings is 1. The van der Waals surface area contributed by atoms with Crippen molar-refractivity contribution in [2.45, 2.75) is 31.9 Å². The second-order valence-corrected chi connectivity index (χ2v) is 9.21. The van der Waals surface area contributed by atoms with E-state index in [0.717, 1.165) is 48.3 Å². The molecule has 1 N–H and O–H groups in total. The van der Waals surface area contributed by atoms with Gasteiger partial charge in [-0.25, -0.2) is 24.2 Å². The summed E-state index contributed by atoms with van der Waals surface area (Å²) >= 11 is 0. The van der Waals surface area contributed by atoms with Gasteiger partial charge in [0.2, 0.25) is 0 Å². The number of piperidine rings is 1. The molecule has 0 bridgehead atoms. The van der Waals surface area contributed by atoms with Crippen molar-refractivity contribution in [3.05, 3.63) is 30.5 Å². The monoisotopic (exact) mass is 509 g/mol. The Morgan fingerprint density at radius 3 is 2.49 bits per heavy atom. The zero-order valence-electron chi connectivity index (χ0n) is 21.2. The van der Waals surface area contributed by atoms with Crippen LogP contribution in [-0.2, 0) is 14.2 Å². The first-order valence-electron chi connectivity index (χ1n) is 12.4. The quantitative estimate of drug-likeness (QED) is 0.564. The van der Waals surface area contributed by atoms with Gasteiger partial charge in [-0.2, -0.15) is 5.10 Å². The smallest absolute Gasteiger partial charge is 0.411 e. The zero-order valence-corrected chi connectivity index (χ0v) is 21.2. The van der Waals surface area contributed by atoms with E-state index < -0.39 is 6.09 Å². The number of carbonyl (C=O) groups is 2. The standard InChI is InChI=1S/C25H31N7O5/c1-16-15-31(12-13-37-16)22-20-14-26-32(19-8-10-30(11-9-19)25(34)36-3)23(20)29-21(28-22)17-4-6-18(7-5-17)27-24(33)35-2/h4-7,14,16,19H,8-13,15H2,1-3H3,(H,27,33). The Bertz CT molecular complexity index is 1270. The number of ether oxygens (including phenoxy) is 3. The third kappa shape index (κ3) is 5.15. The number of amides is 2. The van der Waals surface area contributed by atoms with E-state index in [9.17, 15) is 9.59 Å². The van der Waals surface area contributed by atoms with Crippen molar-refractivity contribution in [3.63, 3.8) is 0 Å². The molecule has 37 heavy (non-hydrogen) atoms. The number of nitrogens with zero attached hydrogens (tertiary/aromatic N) is 6. The molecule has 0 saturated carbocycles. The van der Waals surface area contributed by atoms with E-state index in [1.807, 2.05) is 23.0 Å². The normalized spacial score (nSPS) is 18.6. The van der Waals surface area contributed by atoms with Gasteiger partial charge in [0.25, 0.3) is 0 Å². The lowest BCUT2D eigenvalue weighted by Crippen LogP contribution is -2.41. The number of morpholine rings is 1. The second-order valence-electron chi connectivity index (χ2n) is 9.21. The van der Waals surface area contributed by atoms with E-state index in [1.54, 1.807) is 17.0 Å². The largest absolute Gasteiger partial charge is 0.453 e. The average Bonchev–Trinajstić information content (AvgIpc) is 3.36. The molecule has 1 atom stereocenters. The molecule has 2 amide bonds. The number of fused-ring (bicyclic) bond motifs is 1. The third-order valence-electron chi connectivity index (χ3n) is 6.79. The van der Waals surface area contributed by atoms with Gasteiger partial charge in [-0.15, -0.1) is 0 Å². The lowest BCUT2D eigenvalue weighted by Gasteiger charge is -2.33. The van der Waals surface area contributed by atoms with E-state index in [-0.39, 0.29) is 18.2 Å². The van der Waals surface area contributed by atoms with E-state index in [0.29, 0.717) is 31.2 Å². The Balaban J connectivity index is 1.51. The Morgan fingerprint density at radius 1 is 1.05 bits per heavy atom. The van der Waals surface area contributed by atoms with Gasteiger partial charge in [0, 0.05) is 37.4 Å². The number of aromatic nitrogens is 4. The summed E-state index contributed by atoms with van der Waals surface area (Å²) in [6, 6.07) is 7.41. The molecule has 2 aliphatic heterocycles. The predicted molar refractivity (Wildman–Crippen MR) is 137 cm³/mol. The van der Waals surface area contributed by atoms with Crippen molar-refractivity contribution in [2.75, 3.05) is 57.2 Å². The van der Waals surface area contributed by atoms with Crippen LogP contribution in [0.3, 0.4) is 0 Å². The topological polar surface area (TPSA) is 124 Å². The lowest BCUT2D eigenvalue weighted by atomic mass is 10.1. The minimum absolute atomic E-state index is 0.0867. The highest BCUT2D eigenvalue weighted by Gasteiger charge is 2.28. The minimum Gasteiger partial charge on any atom is -0.453 e. The van der Waals surface area contributed by atoms with E-state index in [4.69, 9.17) is 24.5 Å². The molecule has 4 heterocycles. The van der Waals surface area contributed by atoms with Crippen molar-refractivity contribution >= 4 is 34.7 Å².